The fourth-order valence-electron chi connectivity index (χ4n) is 0.933. The molecule has 1 aliphatic rings. The highest BCUT2D eigenvalue weighted by molar-refractivity contribution is 5.85. The lowest BCUT2D eigenvalue weighted by Gasteiger charge is -2.09. The second kappa shape index (κ2) is 10.2. The van der Waals surface area contributed by atoms with E-state index in [1.54, 1.807) is 0 Å². The second-order valence-electron chi connectivity index (χ2n) is 3.30. The van der Waals surface area contributed by atoms with E-state index >= 15 is 0 Å². The van der Waals surface area contributed by atoms with Gasteiger partial charge in [0.2, 0.25) is 0 Å². The van der Waals surface area contributed by atoms with Crippen LogP contribution in [0, 0.1) is 0 Å². The number of rotatable bonds is 1. The quantitative estimate of drug-likeness (QED) is 0.804. The summed E-state index contributed by atoms with van der Waals surface area (Å²) in [5.41, 5.74) is 6.81. The maximum atomic E-state index is 5.61. The summed E-state index contributed by atoms with van der Waals surface area (Å²) in [7, 11) is 0. The van der Waals surface area contributed by atoms with Crippen molar-refractivity contribution in [2.45, 2.75) is 19.4 Å². The van der Waals surface area contributed by atoms with Crippen molar-refractivity contribution >= 4 is 24.8 Å². The van der Waals surface area contributed by atoms with Crippen molar-refractivity contribution in [3.63, 3.8) is 0 Å². The van der Waals surface area contributed by atoms with Gasteiger partial charge in [-0.05, 0) is 32.0 Å². The van der Waals surface area contributed by atoms with Crippen molar-refractivity contribution in [2.24, 2.45) is 5.73 Å². The summed E-state index contributed by atoms with van der Waals surface area (Å²) in [4.78, 5) is 0. The van der Waals surface area contributed by atoms with Crippen molar-refractivity contribution in [3.8, 4) is 0 Å². The minimum absolute atomic E-state index is 0. The molecule has 1 unspecified atom stereocenters. The first kappa shape index (κ1) is 17.1. The van der Waals surface area contributed by atoms with Crippen LogP contribution in [0.25, 0.3) is 0 Å². The van der Waals surface area contributed by atoms with Gasteiger partial charge >= 0.3 is 0 Å². The van der Waals surface area contributed by atoms with E-state index < -0.39 is 0 Å². The largest absolute Gasteiger partial charge is 0.324 e. The Bertz CT molecular complexity index is 219. The zero-order valence-electron chi connectivity index (χ0n) is 8.98. The van der Waals surface area contributed by atoms with Crippen LogP contribution < -0.4 is 11.1 Å². The third kappa shape index (κ3) is 7.63. The molecule has 0 bridgehead atoms. The van der Waals surface area contributed by atoms with Crippen molar-refractivity contribution < 1.29 is 0 Å². The van der Waals surface area contributed by atoms with Gasteiger partial charge < -0.3 is 11.1 Å². The van der Waals surface area contributed by atoms with Gasteiger partial charge in [0.15, 0.2) is 0 Å². The van der Waals surface area contributed by atoms with Crippen molar-refractivity contribution in [3.05, 3.63) is 35.9 Å². The van der Waals surface area contributed by atoms with Gasteiger partial charge in [0.25, 0.3) is 0 Å². The molecule has 1 saturated heterocycles. The van der Waals surface area contributed by atoms with E-state index in [1.165, 1.54) is 25.1 Å². The molecule has 15 heavy (non-hydrogen) atoms. The highest BCUT2D eigenvalue weighted by Crippen LogP contribution is 2.06. The maximum Gasteiger partial charge on any atom is 0.0266 e. The van der Waals surface area contributed by atoms with E-state index in [4.69, 9.17) is 5.73 Å². The van der Waals surface area contributed by atoms with Gasteiger partial charge in [-0.2, -0.15) is 0 Å². The molecule has 0 aliphatic carbocycles. The van der Waals surface area contributed by atoms with Crippen LogP contribution in [0.2, 0.25) is 0 Å². The maximum absolute atomic E-state index is 5.61. The second-order valence-corrected chi connectivity index (χ2v) is 3.30. The summed E-state index contributed by atoms with van der Waals surface area (Å²) in [5, 5.41) is 3.11. The molecule has 1 heterocycles. The molecule has 1 aromatic carbocycles. The number of nitrogens with one attached hydrogen (secondary N) is 1. The Kier molecular flexibility index (Phi) is 11.7. The molecule has 0 aromatic heterocycles. The highest BCUT2D eigenvalue weighted by atomic mass is 35.5. The van der Waals surface area contributed by atoms with Gasteiger partial charge in [-0.15, -0.1) is 24.8 Å². The van der Waals surface area contributed by atoms with E-state index in [1.807, 2.05) is 37.3 Å². The molecule has 0 amide bonds. The van der Waals surface area contributed by atoms with Crippen LogP contribution in [0.4, 0.5) is 0 Å². The van der Waals surface area contributed by atoms with Crippen LogP contribution in [0.1, 0.15) is 24.9 Å². The summed E-state index contributed by atoms with van der Waals surface area (Å²) < 4.78 is 0. The number of nitrogens with two attached hydrogens (primary N) is 1. The summed E-state index contributed by atoms with van der Waals surface area (Å²) >= 11 is 0. The lowest BCUT2D eigenvalue weighted by Crippen LogP contribution is -2.29. The molecular formula is C11H20Cl2N2. The Morgan fingerprint density at radius 2 is 1.53 bits per heavy atom. The van der Waals surface area contributed by atoms with Crippen LogP contribution in [0.3, 0.4) is 0 Å². The van der Waals surface area contributed by atoms with E-state index in [2.05, 4.69) is 5.32 Å². The molecule has 1 aromatic rings. The third-order valence-electron chi connectivity index (χ3n) is 2.03. The van der Waals surface area contributed by atoms with Crippen LogP contribution >= 0.6 is 24.8 Å². The van der Waals surface area contributed by atoms with Crippen LogP contribution in [0.5, 0.6) is 0 Å². The molecule has 0 radical (unpaired) electrons. The summed E-state index contributed by atoms with van der Waals surface area (Å²) in [6.45, 7) is 4.48. The average Bonchev–Trinajstić information content (AvgIpc) is 2.03. The van der Waals surface area contributed by atoms with E-state index in [9.17, 15) is 0 Å². The molecule has 88 valence electrons. The third-order valence-corrected chi connectivity index (χ3v) is 2.03. The molecule has 0 spiro atoms. The predicted molar refractivity (Wildman–Crippen MR) is 71.0 cm³/mol. The minimum Gasteiger partial charge on any atom is -0.324 e. The zero-order chi connectivity index (χ0) is 9.52. The van der Waals surface area contributed by atoms with Crippen molar-refractivity contribution in [1.82, 2.24) is 5.32 Å². The molecular weight excluding hydrogens is 231 g/mol. The highest BCUT2D eigenvalue weighted by Gasteiger charge is 1.93. The summed E-state index contributed by atoms with van der Waals surface area (Å²) in [5.74, 6) is 0. The SMILES string of the molecule is C1CNC1.CC(N)c1ccccc1.Cl.Cl. The average molecular weight is 251 g/mol. The Hall–Kier alpha value is -0.280. The van der Waals surface area contributed by atoms with E-state index in [-0.39, 0.29) is 30.9 Å². The molecule has 2 nitrogen and oxygen atoms in total. The molecule has 1 fully saturated rings. The summed E-state index contributed by atoms with van der Waals surface area (Å²) in [6.07, 6.45) is 1.39. The normalized spacial score (nSPS) is 14.3. The van der Waals surface area contributed by atoms with Crippen molar-refractivity contribution in [1.29, 1.82) is 0 Å². The minimum atomic E-state index is 0. The standard InChI is InChI=1S/C8H11N.C3H7N.2ClH/c1-7(9)8-5-3-2-4-6-8;1-2-4-3-1;;/h2-7H,9H2,1H3;4H,1-3H2;2*1H. The Morgan fingerprint density at radius 1 is 1.13 bits per heavy atom. The monoisotopic (exact) mass is 250 g/mol. The molecule has 3 N–H and O–H groups in total. The van der Waals surface area contributed by atoms with Crippen LogP contribution in [0.15, 0.2) is 30.3 Å². The lowest BCUT2D eigenvalue weighted by molar-refractivity contribution is 0.527. The lowest BCUT2D eigenvalue weighted by atomic mass is 10.1. The number of hydrogen-bond donors (Lipinski definition) is 2. The summed E-state index contributed by atoms with van der Waals surface area (Å²) in [6, 6.07) is 10.2. The molecule has 2 rings (SSSR count). The first-order chi connectivity index (χ1) is 6.30. The van der Waals surface area contributed by atoms with E-state index in [0.717, 1.165) is 0 Å². The van der Waals surface area contributed by atoms with Gasteiger partial charge in [-0.25, -0.2) is 0 Å². The first-order valence-corrected chi connectivity index (χ1v) is 4.82. The van der Waals surface area contributed by atoms with Crippen molar-refractivity contribution in [2.75, 3.05) is 13.1 Å². The van der Waals surface area contributed by atoms with Gasteiger partial charge in [0.05, 0.1) is 0 Å². The first-order valence-electron chi connectivity index (χ1n) is 4.82. The van der Waals surface area contributed by atoms with Gasteiger partial charge in [0.1, 0.15) is 0 Å². The van der Waals surface area contributed by atoms with Gasteiger partial charge in [0, 0.05) is 6.04 Å². The predicted octanol–water partition coefficient (Wildman–Crippen LogP) is 2.53. The molecule has 1 aliphatic heterocycles. The Balaban J connectivity index is 0. The Morgan fingerprint density at radius 3 is 1.73 bits per heavy atom. The van der Waals surface area contributed by atoms with E-state index in [0.29, 0.717) is 0 Å². The fraction of sp³-hybridized carbons (Fsp3) is 0.455. The number of hydrogen-bond acceptors (Lipinski definition) is 2. The van der Waals surface area contributed by atoms with Crippen LogP contribution in [-0.4, -0.2) is 13.1 Å². The smallest absolute Gasteiger partial charge is 0.0266 e. The van der Waals surface area contributed by atoms with Gasteiger partial charge in [-0.3, -0.25) is 0 Å². The molecule has 4 heteroatoms. The van der Waals surface area contributed by atoms with Gasteiger partial charge in [-0.1, -0.05) is 30.3 Å². The molecule has 0 saturated carbocycles. The van der Waals surface area contributed by atoms with Crippen LogP contribution in [-0.2, 0) is 0 Å². The number of halogens is 2. The Labute approximate surface area is 104 Å². The fourth-order valence-corrected chi connectivity index (χ4v) is 0.933. The topological polar surface area (TPSA) is 38.0 Å². The number of benzene rings is 1. The zero-order valence-corrected chi connectivity index (χ0v) is 10.6. The molecule has 1 atom stereocenters.